The lowest BCUT2D eigenvalue weighted by atomic mass is 9.99. The van der Waals surface area contributed by atoms with Gasteiger partial charge in [0.2, 0.25) is 5.91 Å². The topological polar surface area (TPSA) is 63.7 Å². The molecule has 0 saturated carbocycles. The smallest absolute Gasteiger partial charge is 0.226 e. The molecule has 34 heavy (non-hydrogen) atoms. The highest BCUT2D eigenvalue weighted by Crippen LogP contribution is 2.28. The Labute approximate surface area is 200 Å². The van der Waals surface area contributed by atoms with Crippen molar-refractivity contribution in [3.8, 4) is 16.9 Å². The number of carbonyl (C=O) groups is 1. The van der Waals surface area contributed by atoms with Crippen LogP contribution in [0.3, 0.4) is 0 Å². The van der Waals surface area contributed by atoms with Gasteiger partial charge >= 0.3 is 0 Å². The zero-order chi connectivity index (χ0) is 23.3. The molecule has 3 aromatic rings. The van der Waals surface area contributed by atoms with Crippen LogP contribution in [0.2, 0.25) is 0 Å². The summed E-state index contributed by atoms with van der Waals surface area (Å²) in [7, 11) is 0. The molecule has 6 heteroatoms. The SMILES string of the molecule is Cc1cc(OCCN2CC3CC(C2)O3)ccc1-c1ccc(CC(=O)NCc2ccccc2)nc1. The van der Waals surface area contributed by atoms with E-state index in [2.05, 4.69) is 34.3 Å². The summed E-state index contributed by atoms with van der Waals surface area (Å²) in [5.41, 5.74) is 5.13. The molecule has 2 atom stereocenters. The van der Waals surface area contributed by atoms with Crippen LogP contribution >= 0.6 is 0 Å². The molecule has 1 aromatic heterocycles. The van der Waals surface area contributed by atoms with E-state index in [-0.39, 0.29) is 12.3 Å². The van der Waals surface area contributed by atoms with E-state index in [1.54, 1.807) is 0 Å². The van der Waals surface area contributed by atoms with Gasteiger partial charge in [-0.05, 0) is 41.8 Å². The molecular formula is C28H31N3O3. The lowest BCUT2D eigenvalue weighted by molar-refractivity contribution is -0.181. The Morgan fingerprint density at radius 2 is 1.91 bits per heavy atom. The van der Waals surface area contributed by atoms with Gasteiger partial charge in [-0.2, -0.15) is 0 Å². The predicted octanol–water partition coefficient (Wildman–Crippen LogP) is 3.77. The van der Waals surface area contributed by atoms with Crippen LogP contribution in [-0.4, -0.2) is 54.2 Å². The fourth-order valence-electron chi connectivity index (χ4n) is 4.68. The number of hydrogen-bond acceptors (Lipinski definition) is 5. The largest absolute Gasteiger partial charge is 0.492 e. The molecule has 0 radical (unpaired) electrons. The molecule has 4 heterocycles. The van der Waals surface area contributed by atoms with Crippen molar-refractivity contribution in [3.05, 3.63) is 83.7 Å². The van der Waals surface area contributed by atoms with Gasteiger partial charge in [0.25, 0.3) is 0 Å². The lowest BCUT2D eigenvalue weighted by Gasteiger charge is -2.47. The Morgan fingerprint density at radius 1 is 1.12 bits per heavy atom. The number of aromatic nitrogens is 1. The Kier molecular flexibility index (Phi) is 6.88. The number of morpholine rings is 1. The average molecular weight is 458 g/mol. The highest BCUT2D eigenvalue weighted by atomic mass is 16.5. The molecule has 6 nitrogen and oxygen atoms in total. The van der Waals surface area contributed by atoms with Crippen LogP contribution in [0.1, 0.15) is 23.2 Å². The number of amides is 1. The third-order valence-electron chi connectivity index (χ3n) is 6.52. The standard InChI is InChI=1S/C28H31N3O3/c1-20-13-24(33-12-11-31-18-25-15-26(19-31)34-25)9-10-27(20)22-7-8-23(29-17-22)14-28(32)30-16-21-5-3-2-4-6-21/h2-10,13,17,25-26H,11-12,14-16,18-19H2,1H3,(H,30,32). The van der Waals surface area contributed by atoms with Gasteiger partial charge in [0.15, 0.2) is 0 Å². The molecule has 6 rings (SSSR count). The molecule has 0 aliphatic carbocycles. The van der Waals surface area contributed by atoms with E-state index in [0.717, 1.165) is 53.3 Å². The molecule has 3 saturated heterocycles. The van der Waals surface area contributed by atoms with Gasteiger partial charge in [-0.3, -0.25) is 14.7 Å². The van der Waals surface area contributed by atoms with Crippen LogP contribution in [0.15, 0.2) is 66.9 Å². The Hall–Kier alpha value is -3.22. The van der Waals surface area contributed by atoms with E-state index in [1.807, 2.05) is 54.7 Å². The number of nitrogens with zero attached hydrogens (tertiary/aromatic N) is 2. The monoisotopic (exact) mass is 457 g/mol. The van der Waals surface area contributed by atoms with Crippen molar-refractivity contribution in [2.24, 2.45) is 0 Å². The molecule has 3 fully saturated rings. The second-order valence-corrected chi connectivity index (χ2v) is 9.18. The number of ether oxygens (including phenoxy) is 2. The van der Waals surface area contributed by atoms with E-state index < -0.39 is 0 Å². The second kappa shape index (κ2) is 10.4. The maximum Gasteiger partial charge on any atom is 0.226 e. The zero-order valence-corrected chi connectivity index (χ0v) is 19.6. The fourth-order valence-corrected chi connectivity index (χ4v) is 4.68. The van der Waals surface area contributed by atoms with E-state index >= 15 is 0 Å². The molecule has 0 spiro atoms. The molecule has 2 aromatic carbocycles. The summed E-state index contributed by atoms with van der Waals surface area (Å²) in [5, 5.41) is 2.95. The highest BCUT2D eigenvalue weighted by molar-refractivity contribution is 5.78. The first kappa shape index (κ1) is 22.6. The molecule has 3 aliphatic heterocycles. The van der Waals surface area contributed by atoms with Gasteiger partial charge in [-0.1, -0.05) is 42.5 Å². The first-order chi connectivity index (χ1) is 16.6. The fraction of sp³-hybridized carbons (Fsp3) is 0.357. The highest BCUT2D eigenvalue weighted by Gasteiger charge is 2.37. The van der Waals surface area contributed by atoms with Crippen LogP contribution in [0.25, 0.3) is 11.1 Å². The van der Waals surface area contributed by atoms with Crippen molar-refractivity contribution >= 4 is 5.91 Å². The van der Waals surface area contributed by atoms with Crippen molar-refractivity contribution in [1.82, 2.24) is 15.2 Å². The van der Waals surface area contributed by atoms with Gasteiger partial charge < -0.3 is 14.8 Å². The van der Waals surface area contributed by atoms with E-state index in [4.69, 9.17) is 9.47 Å². The van der Waals surface area contributed by atoms with Crippen LogP contribution in [0, 0.1) is 6.92 Å². The maximum absolute atomic E-state index is 12.3. The number of rotatable bonds is 9. The Morgan fingerprint density at radius 3 is 2.62 bits per heavy atom. The number of aryl methyl sites for hydroxylation is 1. The summed E-state index contributed by atoms with van der Waals surface area (Å²) in [6.07, 6.45) is 4.19. The van der Waals surface area contributed by atoms with Gasteiger partial charge in [0, 0.05) is 50.1 Å². The molecular weight excluding hydrogens is 426 g/mol. The normalized spacial score (nSPS) is 19.3. The first-order valence-corrected chi connectivity index (χ1v) is 12.0. The Balaban J connectivity index is 1.11. The number of pyridine rings is 1. The number of nitrogens with one attached hydrogen (secondary N) is 1. The molecule has 2 bridgehead atoms. The van der Waals surface area contributed by atoms with E-state index in [1.165, 1.54) is 6.42 Å². The number of benzene rings is 2. The molecule has 176 valence electrons. The van der Waals surface area contributed by atoms with Crippen molar-refractivity contribution in [3.63, 3.8) is 0 Å². The van der Waals surface area contributed by atoms with E-state index in [0.29, 0.717) is 25.4 Å². The maximum atomic E-state index is 12.3. The Bertz CT molecular complexity index is 1100. The van der Waals surface area contributed by atoms with Gasteiger partial charge in [0.1, 0.15) is 12.4 Å². The average Bonchev–Trinajstić information content (AvgIpc) is 2.84. The molecule has 2 unspecified atom stereocenters. The summed E-state index contributed by atoms with van der Waals surface area (Å²) >= 11 is 0. The van der Waals surface area contributed by atoms with Crippen LogP contribution in [0.4, 0.5) is 0 Å². The third-order valence-corrected chi connectivity index (χ3v) is 6.52. The van der Waals surface area contributed by atoms with Gasteiger partial charge in [-0.25, -0.2) is 0 Å². The van der Waals surface area contributed by atoms with Crippen LogP contribution in [-0.2, 0) is 22.5 Å². The third kappa shape index (κ3) is 5.64. The van der Waals surface area contributed by atoms with E-state index in [9.17, 15) is 4.79 Å². The van der Waals surface area contributed by atoms with Crippen LogP contribution < -0.4 is 10.1 Å². The lowest BCUT2D eigenvalue weighted by Crippen LogP contribution is -2.57. The minimum absolute atomic E-state index is 0.0316. The zero-order valence-electron chi connectivity index (χ0n) is 19.6. The van der Waals surface area contributed by atoms with Crippen molar-refractivity contribution in [2.45, 2.75) is 38.5 Å². The first-order valence-electron chi connectivity index (χ1n) is 12.0. The summed E-state index contributed by atoms with van der Waals surface area (Å²) in [5.74, 6) is 0.857. The van der Waals surface area contributed by atoms with Crippen molar-refractivity contribution in [2.75, 3.05) is 26.2 Å². The predicted molar refractivity (Wildman–Crippen MR) is 132 cm³/mol. The van der Waals surface area contributed by atoms with Crippen LogP contribution in [0.5, 0.6) is 5.75 Å². The van der Waals surface area contributed by atoms with Gasteiger partial charge in [0.05, 0.1) is 18.6 Å². The molecule has 1 amide bonds. The van der Waals surface area contributed by atoms with Crippen molar-refractivity contribution in [1.29, 1.82) is 0 Å². The minimum atomic E-state index is -0.0316. The minimum Gasteiger partial charge on any atom is -0.492 e. The van der Waals surface area contributed by atoms with Crippen molar-refractivity contribution < 1.29 is 14.3 Å². The molecule has 3 aliphatic rings. The number of carbonyl (C=O) groups excluding carboxylic acids is 1. The summed E-state index contributed by atoms with van der Waals surface area (Å²) in [6, 6.07) is 20.0. The number of fused-ring (bicyclic) bond motifs is 2. The molecule has 1 N–H and O–H groups in total. The summed E-state index contributed by atoms with van der Waals surface area (Å²) < 4.78 is 11.7. The summed E-state index contributed by atoms with van der Waals surface area (Å²) in [4.78, 5) is 19.2. The summed E-state index contributed by atoms with van der Waals surface area (Å²) in [6.45, 7) is 6.27. The number of piperidine rings is 1. The number of hydrogen-bond donors (Lipinski definition) is 1. The van der Waals surface area contributed by atoms with Gasteiger partial charge in [-0.15, -0.1) is 0 Å². The quantitative estimate of drug-likeness (QED) is 0.530. The second-order valence-electron chi connectivity index (χ2n) is 9.18.